The Kier molecular flexibility index (Phi) is 5.35. The van der Waals surface area contributed by atoms with Crippen molar-refractivity contribution in [1.82, 2.24) is 10.2 Å². The number of ketones is 1. The summed E-state index contributed by atoms with van der Waals surface area (Å²) in [5, 5.41) is 2.83. The van der Waals surface area contributed by atoms with Crippen LogP contribution in [-0.4, -0.2) is 41.1 Å². The molecule has 1 fully saturated rings. The van der Waals surface area contributed by atoms with Gasteiger partial charge in [0.2, 0.25) is 11.8 Å². The molecule has 0 bridgehead atoms. The van der Waals surface area contributed by atoms with Crippen LogP contribution in [0.25, 0.3) is 0 Å². The van der Waals surface area contributed by atoms with Gasteiger partial charge in [-0.25, -0.2) is 0 Å². The van der Waals surface area contributed by atoms with Crippen LogP contribution in [0.1, 0.15) is 50.1 Å². The van der Waals surface area contributed by atoms with Crippen LogP contribution in [0.2, 0.25) is 0 Å². The Morgan fingerprint density at radius 1 is 1.45 bits per heavy atom. The minimum absolute atomic E-state index is 0.0290. The SMILES string of the molecule is CC[C@@H](C(=O)N[C@@H](C)CC(=O)c1ccco1)N1CCCC1=O. The molecule has 2 heterocycles. The molecule has 0 spiro atoms. The maximum Gasteiger partial charge on any atom is 0.243 e. The Bertz CT molecular complexity index is 538. The quantitative estimate of drug-likeness (QED) is 0.778. The summed E-state index contributed by atoms with van der Waals surface area (Å²) in [7, 11) is 0. The van der Waals surface area contributed by atoms with Crippen molar-refractivity contribution in [3.8, 4) is 0 Å². The van der Waals surface area contributed by atoms with Crippen molar-refractivity contribution in [3.63, 3.8) is 0 Å². The lowest BCUT2D eigenvalue weighted by Gasteiger charge is -2.27. The van der Waals surface area contributed by atoms with E-state index in [0.29, 0.717) is 25.1 Å². The zero-order valence-electron chi connectivity index (χ0n) is 13.0. The van der Waals surface area contributed by atoms with Gasteiger partial charge in [-0.3, -0.25) is 14.4 Å². The van der Waals surface area contributed by atoms with Crippen molar-refractivity contribution in [3.05, 3.63) is 24.2 Å². The average molecular weight is 306 g/mol. The van der Waals surface area contributed by atoms with E-state index in [4.69, 9.17) is 4.42 Å². The molecule has 0 unspecified atom stereocenters. The van der Waals surface area contributed by atoms with Gasteiger partial charge in [-0.2, -0.15) is 0 Å². The van der Waals surface area contributed by atoms with Crippen molar-refractivity contribution >= 4 is 17.6 Å². The topological polar surface area (TPSA) is 79.6 Å². The third kappa shape index (κ3) is 3.75. The van der Waals surface area contributed by atoms with Gasteiger partial charge in [0, 0.05) is 25.4 Å². The first-order chi connectivity index (χ1) is 10.5. The van der Waals surface area contributed by atoms with Crippen molar-refractivity contribution in [2.45, 2.75) is 51.6 Å². The molecule has 1 aliphatic heterocycles. The van der Waals surface area contributed by atoms with Gasteiger partial charge < -0.3 is 14.6 Å². The Balaban J connectivity index is 1.89. The lowest BCUT2D eigenvalue weighted by Crippen LogP contribution is -2.49. The highest BCUT2D eigenvalue weighted by Crippen LogP contribution is 2.16. The van der Waals surface area contributed by atoms with E-state index in [1.54, 1.807) is 24.0 Å². The highest BCUT2D eigenvalue weighted by molar-refractivity contribution is 5.94. The molecular weight excluding hydrogens is 284 g/mol. The standard InChI is InChI=1S/C16H22N2O4/c1-3-12(18-8-4-7-15(18)20)16(21)17-11(2)10-13(19)14-6-5-9-22-14/h5-6,9,11-12H,3-4,7-8,10H2,1-2H3,(H,17,21)/t11-,12-/m0/s1. The first-order valence-electron chi connectivity index (χ1n) is 7.69. The summed E-state index contributed by atoms with van der Waals surface area (Å²) in [5.74, 6) is -0.0234. The average Bonchev–Trinajstić information content (AvgIpc) is 3.11. The molecule has 0 saturated carbocycles. The maximum atomic E-state index is 12.3. The summed E-state index contributed by atoms with van der Waals surface area (Å²) in [6.45, 7) is 4.29. The number of likely N-dealkylation sites (tertiary alicyclic amines) is 1. The second-order valence-corrected chi connectivity index (χ2v) is 5.63. The van der Waals surface area contributed by atoms with Crippen molar-refractivity contribution in [2.24, 2.45) is 0 Å². The second-order valence-electron chi connectivity index (χ2n) is 5.63. The first-order valence-corrected chi connectivity index (χ1v) is 7.69. The normalized spacial score (nSPS) is 17.4. The number of hydrogen-bond donors (Lipinski definition) is 1. The molecule has 2 atom stereocenters. The molecule has 2 rings (SSSR count). The van der Waals surface area contributed by atoms with Gasteiger partial charge in [0.05, 0.1) is 6.26 Å². The summed E-state index contributed by atoms with van der Waals surface area (Å²) in [4.78, 5) is 37.7. The summed E-state index contributed by atoms with van der Waals surface area (Å²) in [5.41, 5.74) is 0. The Morgan fingerprint density at radius 2 is 2.23 bits per heavy atom. The molecule has 0 aliphatic carbocycles. The number of nitrogens with one attached hydrogen (secondary N) is 1. The molecule has 6 nitrogen and oxygen atoms in total. The molecule has 120 valence electrons. The van der Waals surface area contributed by atoms with Gasteiger partial charge in [0.25, 0.3) is 0 Å². The van der Waals surface area contributed by atoms with Gasteiger partial charge in [-0.1, -0.05) is 6.92 Å². The fraction of sp³-hybridized carbons (Fsp3) is 0.562. The predicted molar refractivity (Wildman–Crippen MR) is 80.3 cm³/mol. The maximum absolute atomic E-state index is 12.3. The third-order valence-corrected chi connectivity index (χ3v) is 3.85. The molecule has 1 aromatic heterocycles. The highest BCUT2D eigenvalue weighted by Gasteiger charge is 2.32. The number of carbonyl (C=O) groups is 3. The summed E-state index contributed by atoms with van der Waals surface area (Å²) in [6.07, 6.45) is 3.49. The molecule has 1 N–H and O–H groups in total. The van der Waals surface area contributed by atoms with Crippen molar-refractivity contribution < 1.29 is 18.8 Å². The first kappa shape index (κ1) is 16.3. The van der Waals surface area contributed by atoms with Crippen LogP contribution in [0, 0.1) is 0 Å². The van der Waals surface area contributed by atoms with E-state index in [-0.39, 0.29) is 30.1 Å². The number of Topliss-reactive ketones (excluding diaryl/α,β-unsaturated/α-hetero) is 1. The number of amides is 2. The van der Waals surface area contributed by atoms with Gasteiger partial charge in [-0.05, 0) is 31.9 Å². The monoisotopic (exact) mass is 306 g/mol. The zero-order valence-corrected chi connectivity index (χ0v) is 13.0. The third-order valence-electron chi connectivity index (χ3n) is 3.85. The summed E-state index contributed by atoms with van der Waals surface area (Å²) < 4.78 is 5.05. The molecule has 22 heavy (non-hydrogen) atoms. The van der Waals surface area contributed by atoms with Crippen LogP contribution in [-0.2, 0) is 9.59 Å². The number of hydrogen-bond acceptors (Lipinski definition) is 4. The highest BCUT2D eigenvalue weighted by atomic mass is 16.3. The molecule has 0 radical (unpaired) electrons. The zero-order chi connectivity index (χ0) is 16.1. The number of rotatable bonds is 7. The number of furan rings is 1. The fourth-order valence-electron chi connectivity index (χ4n) is 2.75. The molecular formula is C16H22N2O4. The fourth-order valence-corrected chi connectivity index (χ4v) is 2.75. The largest absolute Gasteiger partial charge is 0.461 e. The van der Waals surface area contributed by atoms with Gasteiger partial charge in [0.15, 0.2) is 11.5 Å². The van der Waals surface area contributed by atoms with E-state index < -0.39 is 6.04 Å². The number of carbonyl (C=O) groups excluding carboxylic acids is 3. The molecule has 6 heteroatoms. The van der Waals surface area contributed by atoms with E-state index in [1.807, 2.05) is 6.92 Å². The van der Waals surface area contributed by atoms with Crippen LogP contribution in [0.3, 0.4) is 0 Å². The molecule has 1 aromatic rings. The van der Waals surface area contributed by atoms with Gasteiger partial charge in [-0.15, -0.1) is 0 Å². The van der Waals surface area contributed by atoms with Crippen molar-refractivity contribution in [1.29, 1.82) is 0 Å². The molecule has 2 amide bonds. The van der Waals surface area contributed by atoms with E-state index in [2.05, 4.69) is 5.32 Å². The Morgan fingerprint density at radius 3 is 2.77 bits per heavy atom. The van der Waals surface area contributed by atoms with Crippen LogP contribution in [0.4, 0.5) is 0 Å². The minimum atomic E-state index is -0.448. The van der Waals surface area contributed by atoms with Crippen LogP contribution >= 0.6 is 0 Å². The Hall–Kier alpha value is -2.11. The van der Waals surface area contributed by atoms with E-state index in [9.17, 15) is 14.4 Å². The molecule has 1 aliphatic rings. The lowest BCUT2D eigenvalue weighted by molar-refractivity contribution is -0.137. The predicted octanol–water partition coefficient (Wildman–Crippen LogP) is 1.76. The van der Waals surface area contributed by atoms with Crippen molar-refractivity contribution in [2.75, 3.05) is 6.54 Å². The van der Waals surface area contributed by atoms with Crippen LogP contribution < -0.4 is 5.32 Å². The van der Waals surface area contributed by atoms with E-state index in [1.165, 1.54) is 6.26 Å². The van der Waals surface area contributed by atoms with Crippen LogP contribution in [0.15, 0.2) is 22.8 Å². The summed E-state index contributed by atoms with van der Waals surface area (Å²) in [6, 6.07) is 2.50. The smallest absolute Gasteiger partial charge is 0.243 e. The Labute approximate surface area is 129 Å². The number of nitrogens with zero attached hydrogens (tertiary/aromatic N) is 1. The van der Waals surface area contributed by atoms with Gasteiger partial charge >= 0.3 is 0 Å². The molecule has 1 saturated heterocycles. The van der Waals surface area contributed by atoms with Crippen LogP contribution in [0.5, 0.6) is 0 Å². The second kappa shape index (κ2) is 7.24. The molecule has 0 aromatic carbocycles. The van der Waals surface area contributed by atoms with E-state index >= 15 is 0 Å². The van der Waals surface area contributed by atoms with Gasteiger partial charge in [0.1, 0.15) is 6.04 Å². The van der Waals surface area contributed by atoms with E-state index in [0.717, 1.165) is 6.42 Å². The summed E-state index contributed by atoms with van der Waals surface area (Å²) >= 11 is 0. The lowest BCUT2D eigenvalue weighted by atomic mass is 10.1. The minimum Gasteiger partial charge on any atom is -0.461 e.